The largest absolute Gasteiger partial charge is 0.333 e. The normalized spacial score (nSPS) is 12.2. The summed E-state index contributed by atoms with van der Waals surface area (Å²) in [5.74, 6) is -0.275. The first-order chi connectivity index (χ1) is 32.1. The number of aromatic nitrogens is 4. The maximum absolute atomic E-state index is 14.7. The predicted molar refractivity (Wildman–Crippen MR) is 275 cm³/mol. The van der Waals surface area contributed by atoms with Gasteiger partial charge < -0.3 is 13.8 Å². The summed E-state index contributed by atoms with van der Waals surface area (Å²) in [4.78, 5) is 38.8. The molecule has 7 aromatic carbocycles. The van der Waals surface area contributed by atoms with Gasteiger partial charge in [-0.2, -0.15) is 0 Å². The van der Waals surface area contributed by atoms with Crippen molar-refractivity contribution >= 4 is 76.5 Å². The maximum atomic E-state index is 14.7. The van der Waals surface area contributed by atoms with Crippen molar-refractivity contribution in [2.45, 2.75) is 66.2 Å². The molecule has 0 aliphatic heterocycles. The summed E-state index contributed by atoms with van der Waals surface area (Å²) >= 11 is 0. The minimum absolute atomic E-state index is 0. The van der Waals surface area contributed by atoms with Gasteiger partial charge in [-0.25, -0.2) is 0 Å². The molecule has 0 bridgehead atoms. The van der Waals surface area contributed by atoms with Crippen LogP contribution in [0.5, 0.6) is 0 Å². The monoisotopic (exact) mass is 1070 g/mol. The van der Waals surface area contributed by atoms with Crippen molar-refractivity contribution < 1.29 is 24.5 Å². The molecule has 5 heterocycles. The fourth-order valence-electron chi connectivity index (χ4n) is 9.64. The molecule has 0 aliphatic carbocycles. The third-order valence-corrected chi connectivity index (χ3v) is 13.5. The van der Waals surface area contributed by atoms with Crippen LogP contribution in [0.2, 0.25) is 0 Å². The van der Waals surface area contributed by atoms with E-state index in [1.807, 2.05) is 80.7 Å². The molecule has 1 radical (unpaired) electrons. The van der Waals surface area contributed by atoms with Crippen LogP contribution in [0.3, 0.4) is 0 Å². The summed E-state index contributed by atoms with van der Waals surface area (Å²) in [6, 6.07) is 49.7. The Bertz CT molecular complexity index is 4020. The van der Waals surface area contributed by atoms with Crippen molar-refractivity contribution in [2.24, 2.45) is 0 Å². The zero-order valence-corrected chi connectivity index (χ0v) is 41.5. The molecular weight excluding hydrogens is 1020 g/mol. The van der Waals surface area contributed by atoms with E-state index in [1.54, 1.807) is 6.07 Å². The van der Waals surface area contributed by atoms with Gasteiger partial charge in [-0.3, -0.25) is 19.0 Å². The van der Waals surface area contributed by atoms with Gasteiger partial charge in [0.2, 0.25) is 0 Å². The number of hydrogen-bond donors (Lipinski definition) is 0. The third kappa shape index (κ3) is 7.17. The number of para-hydroxylation sites is 3. The number of aryl methyl sites for hydroxylation is 2. The Morgan fingerprint density at radius 1 is 0.588 bits per heavy atom. The molecule has 5 aromatic heterocycles. The molecule has 0 amide bonds. The van der Waals surface area contributed by atoms with Gasteiger partial charge >= 0.3 is 0 Å². The number of imidazole rings is 1. The van der Waals surface area contributed by atoms with Gasteiger partial charge in [-0.1, -0.05) is 112 Å². The first-order valence-corrected chi connectivity index (χ1v) is 22.7. The summed E-state index contributed by atoms with van der Waals surface area (Å²) in [6.07, 6.45) is 1.82. The Balaban J connectivity index is 0.000000288. The van der Waals surface area contributed by atoms with Crippen molar-refractivity contribution in [3.05, 3.63) is 200 Å². The molecule has 0 N–H and O–H groups in total. The first kappa shape index (κ1) is 44.7. The number of halogens is 1. The summed E-state index contributed by atoms with van der Waals surface area (Å²) in [5, 5.41) is 5.24. The second-order valence-corrected chi connectivity index (χ2v) is 19.9. The van der Waals surface area contributed by atoms with Crippen LogP contribution in [-0.2, 0) is 30.9 Å². The number of hydrogen-bond acceptors (Lipinski definition) is 4. The molecule has 0 aliphatic rings. The molecule has 0 saturated carbocycles. The minimum atomic E-state index is -0.275. The number of fused-ring (bicyclic) bond motifs is 12. The van der Waals surface area contributed by atoms with E-state index in [2.05, 4.69) is 122 Å². The zero-order chi connectivity index (χ0) is 46.7. The van der Waals surface area contributed by atoms with Crippen LogP contribution >= 0.6 is 0 Å². The fourth-order valence-corrected chi connectivity index (χ4v) is 9.64. The Morgan fingerprint density at radius 2 is 1.21 bits per heavy atom. The van der Waals surface area contributed by atoms with Gasteiger partial charge in [0.15, 0.2) is 10.9 Å². The standard InChI is InChI=1S/C47H36N3O2.C13H11FN.Ir/c1-46(2,3)27-18-20-31-39(24-27)49-40-25-28(47(4,5)6)19-21-32(40)44(52)35-23-26(22-34(42(35)49)43(31)51)29-13-11-14-33-41(29)30-12-7-9-16-37(30)50-38-17-10-8-15-36(38)48-45(33)50;1-9-7-13(15-8-10(9)2)11-3-5-12(14)6-4-11;/h7-13,15-25H,1-6H3;3,5-8H,1-2H3;/q2*-1;. The maximum Gasteiger partial charge on any atom is 0.197 e. The van der Waals surface area contributed by atoms with E-state index in [-0.39, 0.29) is 47.6 Å². The molecule has 0 spiro atoms. The molecule has 8 heteroatoms. The first-order valence-electron chi connectivity index (χ1n) is 22.7. The molecule has 12 rings (SSSR count). The second kappa shape index (κ2) is 16.3. The Hall–Kier alpha value is -7.12. The third-order valence-electron chi connectivity index (χ3n) is 13.5. The van der Waals surface area contributed by atoms with Crippen LogP contribution in [0, 0.1) is 31.8 Å². The Labute approximate surface area is 406 Å². The van der Waals surface area contributed by atoms with Gasteiger partial charge in [-0.05, 0) is 113 Å². The SMILES string of the molecule is CC(C)(C)c1ccc2c(=O)c3cc(-c4cc[c-]c5c4c4ccccc4n4c6ccccc6nc54)cc4c(=O)c5ccc(C(C)(C)C)cc5n(c2c1)c34.Cc1cnc(-c2[c-]cc(F)cc2)cc1C.[Ir]. The van der Waals surface area contributed by atoms with Crippen LogP contribution in [0.15, 0.2) is 149 Å². The molecule has 68 heavy (non-hydrogen) atoms. The minimum Gasteiger partial charge on any atom is -0.333 e. The van der Waals surface area contributed by atoms with Crippen LogP contribution in [0.25, 0.3) is 98.8 Å². The quantitative estimate of drug-likeness (QED) is 0.0983. The molecule has 0 atom stereocenters. The van der Waals surface area contributed by atoms with E-state index in [9.17, 15) is 14.0 Å². The summed E-state index contributed by atoms with van der Waals surface area (Å²) in [5.41, 5.74) is 13.6. The van der Waals surface area contributed by atoms with Gasteiger partial charge in [0.05, 0.1) is 33.2 Å². The molecule has 0 fully saturated rings. The van der Waals surface area contributed by atoms with E-state index < -0.39 is 0 Å². The second-order valence-electron chi connectivity index (χ2n) is 19.9. The number of benzene rings is 7. The van der Waals surface area contributed by atoms with Crippen molar-refractivity contribution in [1.29, 1.82) is 0 Å². The average Bonchev–Trinajstić information content (AvgIpc) is 3.72. The van der Waals surface area contributed by atoms with Crippen molar-refractivity contribution in [3.63, 3.8) is 0 Å². The van der Waals surface area contributed by atoms with Crippen LogP contribution < -0.4 is 10.9 Å². The van der Waals surface area contributed by atoms with Gasteiger partial charge in [-0.15, -0.1) is 48.0 Å². The Morgan fingerprint density at radius 3 is 1.81 bits per heavy atom. The number of rotatable bonds is 2. The Kier molecular flexibility index (Phi) is 10.7. The molecular formula is C60H47FIrN4O2-2. The van der Waals surface area contributed by atoms with E-state index in [0.29, 0.717) is 27.1 Å². The molecule has 0 saturated heterocycles. The van der Waals surface area contributed by atoms with Gasteiger partial charge in [0.1, 0.15) is 0 Å². The topological polar surface area (TPSA) is 68.7 Å². The molecule has 6 nitrogen and oxygen atoms in total. The summed E-state index contributed by atoms with van der Waals surface area (Å²) < 4.78 is 17.1. The van der Waals surface area contributed by atoms with Gasteiger partial charge in [0.25, 0.3) is 0 Å². The summed E-state index contributed by atoms with van der Waals surface area (Å²) in [6.45, 7) is 17.1. The van der Waals surface area contributed by atoms with Crippen molar-refractivity contribution in [3.8, 4) is 22.4 Å². The van der Waals surface area contributed by atoms with Crippen molar-refractivity contribution in [1.82, 2.24) is 18.8 Å². The molecule has 0 unspecified atom stereocenters. The zero-order valence-electron chi connectivity index (χ0n) is 39.1. The average molecular weight is 1070 g/mol. The molecule has 337 valence electrons. The van der Waals surface area contributed by atoms with E-state index in [4.69, 9.17) is 4.98 Å². The molecule has 12 aromatic rings. The van der Waals surface area contributed by atoms with Crippen LogP contribution in [0.4, 0.5) is 4.39 Å². The fraction of sp³-hybridized carbons (Fsp3) is 0.167. The summed E-state index contributed by atoms with van der Waals surface area (Å²) in [7, 11) is 0. The van der Waals surface area contributed by atoms with Crippen LogP contribution in [-0.4, -0.2) is 18.8 Å². The number of nitrogens with zero attached hydrogens (tertiary/aromatic N) is 4. The predicted octanol–water partition coefficient (Wildman–Crippen LogP) is 14.0. The van der Waals surface area contributed by atoms with E-state index >= 15 is 0 Å². The van der Waals surface area contributed by atoms with Crippen LogP contribution in [0.1, 0.15) is 63.8 Å². The van der Waals surface area contributed by atoms with E-state index in [0.717, 1.165) is 88.5 Å². The van der Waals surface area contributed by atoms with Crippen molar-refractivity contribution in [2.75, 3.05) is 0 Å². The van der Waals surface area contributed by atoms with Gasteiger partial charge in [0, 0.05) is 59.2 Å². The smallest absolute Gasteiger partial charge is 0.197 e. The van der Waals surface area contributed by atoms with E-state index in [1.165, 1.54) is 17.7 Å². The number of pyridine rings is 4.